The molecule has 0 bridgehead atoms. The zero-order valence-corrected chi connectivity index (χ0v) is 23.7. The molecule has 220 valence electrons. The van der Waals surface area contributed by atoms with Gasteiger partial charge in [-0.1, -0.05) is 6.07 Å². The SMILES string of the molecule is COc1cccc(OC)c1-c1cc(C(=O)N[C@@H](CCCCNC(=O)OC(C)(C)C)C(=O)O)nn1-c1ccc(F)cc1. The van der Waals surface area contributed by atoms with Crippen molar-refractivity contribution in [3.63, 3.8) is 0 Å². The number of rotatable bonds is 12. The first kappa shape index (κ1) is 30.9. The van der Waals surface area contributed by atoms with Gasteiger partial charge in [0.05, 0.1) is 31.2 Å². The van der Waals surface area contributed by atoms with Crippen LogP contribution in [-0.4, -0.2) is 65.3 Å². The van der Waals surface area contributed by atoms with E-state index in [1.807, 2.05) is 0 Å². The molecule has 41 heavy (non-hydrogen) atoms. The Kier molecular flexibility index (Phi) is 10.3. The van der Waals surface area contributed by atoms with E-state index in [-0.39, 0.29) is 12.1 Å². The Hall–Kier alpha value is -4.61. The van der Waals surface area contributed by atoms with Gasteiger partial charge in [-0.2, -0.15) is 5.10 Å². The number of unbranched alkanes of at least 4 members (excludes halogenated alkanes) is 1. The Labute approximate surface area is 237 Å². The molecule has 0 saturated heterocycles. The number of ether oxygens (including phenoxy) is 3. The maximum absolute atomic E-state index is 13.7. The molecule has 3 N–H and O–H groups in total. The quantitative estimate of drug-likeness (QED) is 0.269. The van der Waals surface area contributed by atoms with Gasteiger partial charge in [0.2, 0.25) is 0 Å². The van der Waals surface area contributed by atoms with Gasteiger partial charge >= 0.3 is 12.1 Å². The molecule has 0 aliphatic carbocycles. The first-order valence-corrected chi connectivity index (χ1v) is 13.0. The Morgan fingerprint density at radius 3 is 2.22 bits per heavy atom. The number of carbonyl (C=O) groups excluding carboxylic acids is 2. The summed E-state index contributed by atoms with van der Waals surface area (Å²) in [6, 6.07) is 11.0. The molecule has 3 aromatic rings. The number of methoxy groups -OCH3 is 2. The van der Waals surface area contributed by atoms with Crippen molar-refractivity contribution >= 4 is 18.0 Å². The number of hydrogen-bond acceptors (Lipinski definition) is 7. The summed E-state index contributed by atoms with van der Waals surface area (Å²) >= 11 is 0. The molecule has 1 atom stereocenters. The second-order valence-corrected chi connectivity index (χ2v) is 10.1. The van der Waals surface area contributed by atoms with Crippen LogP contribution in [0.5, 0.6) is 11.5 Å². The van der Waals surface area contributed by atoms with Gasteiger partial charge in [0.1, 0.15) is 29.0 Å². The summed E-state index contributed by atoms with van der Waals surface area (Å²) in [6.07, 6.45) is 0.472. The summed E-state index contributed by atoms with van der Waals surface area (Å²) in [6.45, 7) is 5.56. The summed E-state index contributed by atoms with van der Waals surface area (Å²) in [5, 5.41) is 19.3. The normalized spacial score (nSPS) is 11.9. The number of aliphatic carboxylic acids is 1. The highest BCUT2D eigenvalue weighted by molar-refractivity contribution is 5.96. The van der Waals surface area contributed by atoms with Crippen molar-refractivity contribution in [1.29, 1.82) is 0 Å². The van der Waals surface area contributed by atoms with Crippen LogP contribution in [0, 0.1) is 5.82 Å². The van der Waals surface area contributed by atoms with E-state index in [1.165, 1.54) is 49.2 Å². The summed E-state index contributed by atoms with van der Waals surface area (Å²) in [7, 11) is 2.98. The topological polar surface area (TPSA) is 141 Å². The highest BCUT2D eigenvalue weighted by Crippen LogP contribution is 2.39. The van der Waals surface area contributed by atoms with Crippen LogP contribution < -0.4 is 20.1 Å². The maximum Gasteiger partial charge on any atom is 0.407 e. The van der Waals surface area contributed by atoms with Crippen LogP contribution in [0.1, 0.15) is 50.5 Å². The van der Waals surface area contributed by atoms with Gasteiger partial charge in [-0.15, -0.1) is 0 Å². The fraction of sp³-hybridized carbons (Fsp3) is 0.379. The molecule has 0 spiro atoms. The number of amides is 2. The fourth-order valence-electron chi connectivity index (χ4n) is 4.02. The first-order valence-electron chi connectivity index (χ1n) is 13.0. The molecule has 12 heteroatoms. The first-order chi connectivity index (χ1) is 19.4. The lowest BCUT2D eigenvalue weighted by molar-refractivity contribution is -0.139. The minimum absolute atomic E-state index is 0.0601. The summed E-state index contributed by atoms with van der Waals surface area (Å²) in [4.78, 5) is 36.9. The van der Waals surface area contributed by atoms with Crippen LogP contribution in [0.15, 0.2) is 48.5 Å². The van der Waals surface area contributed by atoms with E-state index in [2.05, 4.69) is 15.7 Å². The number of halogens is 1. The Morgan fingerprint density at radius 1 is 1.02 bits per heavy atom. The molecular weight excluding hydrogens is 535 g/mol. The van der Waals surface area contributed by atoms with Gasteiger partial charge in [0, 0.05) is 6.54 Å². The number of benzene rings is 2. The minimum atomic E-state index is -1.21. The molecule has 0 radical (unpaired) electrons. The van der Waals surface area contributed by atoms with E-state index in [0.29, 0.717) is 47.8 Å². The number of hydrogen-bond donors (Lipinski definition) is 3. The average molecular weight is 571 g/mol. The predicted molar refractivity (Wildman–Crippen MR) is 149 cm³/mol. The number of carboxylic acids is 1. The fourth-order valence-corrected chi connectivity index (χ4v) is 4.02. The molecule has 3 rings (SSSR count). The van der Waals surface area contributed by atoms with E-state index in [1.54, 1.807) is 39.0 Å². The molecule has 0 unspecified atom stereocenters. The van der Waals surface area contributed by atoms with Crippen molar-refractivity contribution in [1.82, 2.24) is 20.4 Å². The van der Waals surface area contributed by atoms with Crippen molar-refractivity contribution in [3.05, 3.63) is 60.0 Å². The van der Waals surface area contributed by atoms with Gasteiger partial charge in [-0.05, 0) is 82.5 Å². The molecule has 0 fully saturated rings. The maximum atomic E-state index is 13.7. The number of carboxylic acid groups (broad SMARTS) is 1. The third-order valence-electron chi connectivity index (χ3n) is 5.89. The molecule has 1 aromatic heterocycles. The second kappa shape index (κ2) is 13.6. The zero-order valence-electron chi connectivity index (χ0n) is 23.7. The number of aromatic nitrogens is 2. The van der Waals surface area contributed by atoms with Gasteiger partial charge in [-0.3, -0.25) is 4.79 Å². The molecular formula is C29H35FN4O7. The van der Waals surface area contributed by atoms with Crippen LogP contribution in [0.25, 0.3) is 16.9 Å². The van der Waals surface area contributed by atoms with Crippen molar-refractivity contribution in [2.75, 3.05) is 20.8 Å². The lowest BCUT2D eigenvalue weighted by Gasteiger charge is -2.19. The summed E-state index contributed by atoms with van der Waals surface area (Å²) in [5.41, 5.74) is 0.691. The van der Waals surface area contributed by atoms with Crippen molar-refractivity contribution in [2.45, 2.75) is 51.7 Å². The highest BCUT2D eigenvalue weighted by Gasteiger charge is 2.26. The van der Waals surface area contributed by atoms with Crippen molar-refractivity contribution in [2.24, 2.45) is 0 Å². The second-order valence-electron chi connectivity index (χ2n) is 10.1. The Morgan fingerprint density at radius 2 is 1.66 bits per heavy atom. The van der Waals surface area contributed by atoms with E-state index >= 15 is 0 Å². The van der Waals surface area contributed by atoms with Gasteiger partial charge in [-0.25, -0.2) is 18.7 Å². The predicted octanol–water partition coefficient (Wildman–Crippen LogP) is 4.57. The van der Waals surface area contributed by atoms with Crippen molar-refractivity contribution < 1.29 is 38.1 Å². The molecule has 0 saturated carbocycles. The van der Waals surface area contributed by atoms with Crippen LogP contribution in [0.3, 0.4) is 0 Å². The Balaban J connectivity index is 1.80. The molecule has 0 aliphatic heterocycles. The van der Waals surface area contributed by atoms with Gasteiger partial charge in [0.15, 0.2) is 5.69 Å². The monoisotopic (exact) mass is 570 g/mol. The van der Waals surface area contributed by atoms with E-state index in [4.69, 9.17) is 14.2 Å². The van der Waals surface area contributed by atoms with Crippen LogP contribution in [0.4, 0.5) is 9.18 Å². The molecule has 2 amide bonds. The highest BCUT2D eigenvalue weighted by atomic mass is 19.1. The van der Waals surface area contributed by atoms with Crippen LogP contribution in [-0.2, 0) is 9.53 Å². The lowest BCUT2D eigenvalue weighted by atomic mass is 10.1. The molecule has 11 nitrogen and oxygen atoms in total. The summed E-state index contributed by atoms with van der Waals surface area (Å²) < 4.78 is 31.3. The van der Waals surface area contributed by atoms with Gasteiger partial charge in [0.25, 0.3) is 5.91 Å². The third-order valence-corrected chi connectivity index (χ3v) is 5.89. The standard InChI is InChI=1S/C29H35FN4O7/c1-29(2,3)41-28(38)31-16-7-6-9-20(27(36)37)32-26(35)21-17-22(25-23(39-4)10-8-11-24(25)40-5)34(33-21)19-14-12-18(30)13-15-19/h8,10-15,17,20H,6-7,9,16H2,1-5H3,(H,31,38)(H,32,35)(H,36,37)/t20-/m0/s1. The smallest absolute Gasteiger partial charge is 0.407 e. The minimum Gasteiger partial charge on any atom is -0.496 e. The largest absolute Gasteiger partial charge is 0.496 e. The molecule has 2 aromatic carbocycles. The van der Waals surface area contributed by atoms with E-state index < -0.39 is 35.4 Å². The van der Waals surface area contributed by atoms with Crippen LogP contribution in [0.2, 0.25) is 0 Å². The average Bonchev–Trinajstić information content (AvgIpc) is 3.36. The van der Waals surface area contributed by atoms with E-state index in [0.717, 1.165) is 0 Å². The zero-order chi connectivity index (χ0) is 30.2. The Bertz CT molecular complexity index is 1340. The number of carbonyl (C=O) groups is 3. The van der Waals surface area contributed by atoms with Crippen molar-refractivity contribution in [3.8, 4) is 28.4 Å². The lowest BCUT2D eigenvalue weighted by Crippen LogP contribution is -2.41. The van der Waals surface area contributed by atoms with E-state index in [9.17, 15) is 23.9 Å². The third kappa shape index (κ3) is 8.44. The van der Waals surface area contributed by atoms with Crippen LogP contribution >= 0.6 is 0 Å². The molecule has 0 aliphatic rings. The summed E-state index contributed by atoms with van der Waals surface area (Å²) in [5.74, 6) is -1.46. The number of nitrogens with one attached hydrogen (secondary N) is 2. The molecule has 1 heterocycles. The van der Waals surface area contributed by atoms with Gasteiger partial charge < -0.3 is 30.0 Å². The number of nitrogens with zero attached hydrogens (tertiary/aromatic N) is 2. The number of alkyl carbamates (subject to hydrolysis) is 1.